The summed E-state index contributed by atoms with van der Waals surface area (Å²) in [4.78, 5) is 23.8. The SMILES string of the molecule is COC(=O)[C@H](NC(=O)OCc1ccccc1)C1CCNCC1. The van der Waals surface area contributed by atoms with Gasteiger partial charge in [0, 0.05) is 0 Å². The third-order valence-corrected chi connectivity index (χ3v) is 3.80. The second-order valence-electron chi connectivity index (χ2n) is 5.29. The molecule has 22 heavy (non-hydrogen) atoms. The van der Waals surface area contributed by atoms with Gasteiger partial charge < -0.3 is 20.1 Å². The molecule has 1 fully saturated rings. The van der Waals surface area contributed by atoms with E-state index in [1.807, 2.05) is 30.3 Å². The second kappa shape index (κ2) is 8.38. The first kappa shape index (κ1) is 16.3. The van der Waals surface area contributed by atoms with Crippen LogP contribution in [0.3, 0.4) is 0 Å². The molecular weight excluding hydrogens is 284 g/mol. The predicted octanol–water partition coefficient (Wildman–Crippen LogP) is 1.45. The number of piperidine rings is 1. The van der Waals surface area contributed by atoms with Crippen molar-refractivity contribution in [2.24, 2.45) is 5.92 Å². The van der Waals surface area contributed by atoms with Gasteiger partial charge in [-0.05, 0) is 37.4 Å². The van der Waals surface area contributed by atoms with Crippen molar-refractivity contribution < 1.29 is 19.1 Å². The smallest absolute Gasteiger partial charge is 0.408 e. The van der Waals surface area contributed by atoms with Gasteiger partial charge >= 0.3 is 12.1 Å². The van der Waals surface area contributed by atoms with Gasteiger partial charge in [0.25, 0.3) is 0 Å². The standard InChI is InChI=1S/C16H22N2O4/c1-21-15(19)14(13-7-9-17-10-8-13)18-16(20)22-11-12-5-3-2-4-6-12/h2-6,13-14,17H,7-11H2,1H3,(H,18,20)/t14-/m1/s1. The molecule has 1 heterocycles. The van der Waals surface area contributed by atoms with Crippen LogP contribution in [0.4, 0.5) is 4.79 Å². The molecule has 0 unspecified atom stereocenters. The summed E-state index contributed by atoms with van der Waals surface area (Å²) >= 11 is 0. The van der Waals surface area contributed by atoms with E-state index in [2.05, 4.69) is 10.6 Å². The van der Waals surface area contributed by atoms with E-state index in [0.29, 0.717) is 0 Å². The van der Waals surface area contributed by atoms with E-state index in [-0.39, 0.29) is 12.5 Å². The third kappa shape index (κ3) is 4.73. The van der Waals surface area contributed by atoms with Crippen LogP contribution in [0.5, 0.6) is 0 Å². The first-order valence-electron chi connectivity index (χ1n) is 7.46. The van der Waals surface area contributed by atoms with Gasteiger partial charge in [-0.15, -0.1) is 0 Å². The first-order valence-corrected chi connectivity index (χ1v) is 7.46. The lowest BCUT2D eigenvalue weighted by Crippen LogP contribution is -2.49. The highest BCUT2D eigenvalue weighted by Gasteiger charge is 2.32. The Morgan fingerprint density at radius 2 is 1.95 bits per heavy atom. The number of amides is 1. The molecule has 0 saturated carbocycles. The minimum Gasteiger partial charge on any atom is -0.467 e. The van der Waals surface area contributed by atoms with Crippen molar-refractivity contribution in [2.75, 3.05) is 20.2 Å². The quantitative estimate of drug-likeness (QED) is 0.805. The fourth-order valence-corrected chi connectivity index (χ4v) is 2.57. The predicted molar refractivity (Wildman–Crippen MR) is 81.2 cm³/mol. The molecule has 1 saturated heterocycles. The molecule has 0 bridgehead atoms. The number of alkyl carbamates (subject to hydrolysis) is 1. The van der Waals surface area contributed by atoms with Gasteiger partial charge in [-0.1, -0.05) is 30.3 Å². The van der Waals surface area contributed by atoms with E-state index >= 15 is 0 Å². The molecule has 1 amide bonds. The highest BCUT2D eigenvalue weighted by atomic mass is 16.6. The zero-order valence-electron chi connectivity index (χ0n) is 12.7. The fourth-order valence-electron chi connectivity index (χ4n) is 2.57. The van der Waals surface area contributed by atoms with Gasteiger partial charge in [-0.25, -0.2) is 9.59 Å². The third-order valence-electron chi connectivity index (χ3n) is 3.80. The van der Waals surface area contributed by atoms with E-state index < -0.39 is 18.1 Å². The topological polar surface area (TPSA) is 76.7 Å². The maximum atomic E-state index is 11.9. The average Bonchev–Trinajstić information content (AvgIpc) is 2.59. The van der Waals surface area contributed by atoms with Crippen LogP contribution in [0.1, 0.15) is 18.4 Å². The Morgan fingerprint density at radius 1 is 1.27 bits per heavy atom. The Hall–Kier alpha value is -2.08. The van der Waals surface area contributed by atoms with Crippen molar-refractivity contribution in [3.05, 3.63) is 35.9 Å². The Labute approximate surface area is 130 Å². The molecule has 1 aliphatic heterocycles. The van der Waals surface area contributed by atoms with Crippen molar-refractivity contribution in [1.29, 1.82) is 0 Å². The number of hydrogen-bond donors (Lipinski definition) is 2. The van der Waals surface area contributed by atoms with Crippen LogP contribution in [0, 0.1) is 5.92 Å². The van der Waals surface area contributed by atoms with Gasteiger partial charge in [0.1, 0.15) is 12.6 Å². The lowest BCUT2D eigenvalue weighted by atomic mass is 9.90. The normalized spacial score (nSPS) is 16.6. The van der Waals surface area contributed by atoms with Crippen LogP contribution in [-0.4, -0.2) is 38.3 Å². The van der Waals surface area contributed by atoms with Crippen LogP contribution < -0.4 is 10.6 Å². The molecule has 1 aromatic carbocycles. The van der Waals surface area contributed by atoms with Crippen molar-refractivity contribution >= 4 is 12.1 Å². The lowest BCUT2D eigenvalue weighted by Gasteiger charge is -2.29. The molecular formula is C16H22N2O4. The number of ether oxygens (including phenoxy) is 2. The van der Waals surface area contributed by atoms with Crippen LogP contribution in [0.25, 0.3) is 0 Å². The molecule has 1 aromatic rings. The summed E-state index contributed by atoms with van der Waals surface area (Å²) in [6, 6.07) is 8.74. The summed E-state index contributed by atoms with van der Waals surface area (Å²) in [5, 5.41) is 5.87. The van der Waals surface area contributed by atoms with Gasteiger partial charge in [0.2, 0.25) is 0 Å². The van der Waals surface area contributed by atoms with Crippen LogP contribution in [-0.2, 0) is 20.9 Å². The molecule has 1 atom stereocenters. The van der Waals surface area contributed by atoms with Gasteiger partial charge in [0.15, 0.2) is 0 Å². The minimum absolute atomic E-state index is 0.0676. The monoisotopic (exact) mass is 306 g/mol. The summed E-state index contributed by atoms with van der Waals surface area (Å²) in [5.41, 5.74) is 0.897. The molecule has 0 aromatic heterocycles. The first-order chi connectivity index (χ1) is 10.7. The molecule has 1 aliphatic rings. The summed E-state index contributed by atoms with van der Waals surface area (Å²) in [6.07, 6.45) is 1.04. The summed E-state index contributed by atoms with van der Waals surface area (Å²) < 4.78 is 9.97. The average molecular weight is 306 g/mol. The number of carbonyl (C=O) groups is 2. The second-order valence-corrected chi connectivity index (χ2v) is 5.29. The summed E-state index contributed by atoms with van der Waals surface area (Å²) in [5.74, 6) is -0.360. The maximum absolute atomic E-state index is 11.9. The highest BCUT2D eigenvalue weighted by Crippen LogP contribution is 2.17. The fraction of sp³-hybridized carbons (Fsp3) is 0.500. The van der Waals surface area contributed by atoms with Crippen LogP contribution >= 0.6 is 0 Å². The molecule has 2 N–H and O–H groups in total. The molecule has 6 nitrogen and oxygen atoms in total. The maximum Gasteiger partial charge on any atom is 0.408 e. The Kier molecular flexibility index (Phi) is 6.21. The summed E-state index contributed by atoms with van der Waals surface area (Å²) in [6.45, 7) is 1.84. The van der Waals surface area contributed by atoms with Crippen molar-refractivity contribution in [3.63, 3.8) is 0 Å². The van der Waals surface area contributed by atoms with E-state index in [4.69, 9.17) is 9.47 Å². The zero-order chi connectivity index (χ0) is 15.8. The number of methoxy groups -OCH3 is 1. The number of rotatable bonds is 5. The van der Waals surface area contributed by atoms with E-state index in [1.54, 1.807) is 0 Å². The Morgan fingerprint density at radius 3 is 2.59 bits per heavy atom. The molecule has 0 radical (unpaired) electrons. The van der Waals surface area contributed by atoms with Crippen molar-refractivity contribution in [2.45, 2.75) is 25.5 Å². The van der Waals surface area contributed by atoms with Crippen LogP contribution in [0.15, 0.2) is 30.3 Å². The van der Waals surface area contributed by atoms with Crippen LogP contribution in [0.2, 0.25) is 0 Å². The number of hydrogen-bond acceptors (Lipinski definition) is 5. The zero-order valence-corrected chi connectivity index (χ0v) is 12.7. The molecule has 0 spiro atoms. The van der Waals surface area contributed by atoms with Gasteiger partial charge in [0.05, 0.1) is 7.11 Å². The largest absolute Gasteiger partial charge is 0.467 e. The van der Waals surface area contributed by atoms with E-state index in [0.717, 1.165) is 31.5 Å². The Bertz CT molecular complexity index is 486. The highest BCUT2D eigenvalue weighted by molar-refractivity contribution is 5.81. The molecule has 120 valence electrons. The molecule has 0 aliphatic carbocycles. The lowest BCUT2D eigenvalue weighted by molar-refractivity contribution is -0.144. The van der Waals surface area contributed by atoms with Crippen molar-refractivity contribution in [1.82, 2.24) is 10.6 Å². The summed E-state index contributed by atoms with van der Waals surface area (Å²) in [7, 11) is 1.33. The number of benzene rings is 1. The molecule has 2 rings (SSSR count). The number of nitrogens with one attached hydrogen (secondary N) is 2. The van der Waals surface area contributed by atoms with Gasteiger partial charge in [-0.2, -0.15) is 0 Å². The molecule has 6 heteroatoms. The number of carbonyl (C=O) groups excluding carboxylic acids is 2. The Balaban J connectivity index is 1.88. The minimum atomic E-state index is -0.657. The number of esters is 1. The van der Waals surface area contributed by atoms with E-state index in [1.165, 1.54) is 7.11 Å². The van der Waals surface area contributed by atoms with E-state index in [9.17, 15) is 9.59 Å². The van der Waals surface area contributed by atoms with Gasteiger partial charge in [-0.3, -0.25) is 0 Å². The van der Waals surface area contributed by atoms with Crippen molar-refractivity contribution in [3.8, 4) is 0 Å².